The molecule has 1 saturated carbocycles. The Kier molecular flexibility index (Phi) is 6.64. The molecule has 0 saturated heterocycles. The Hall–Kier alpha value is -0.760. The summed E-state index contributed by atoms with van der Waals surface area (Å²) in [5.41, 5.74) is 0.505. The van der Waals surface area contributed by atoms with Gasteiger partial charge in [0.25, 0.3) is 0 Å². The van der Waals surface area contributed by atoms with Crippen LogP contribution in [0.4, 0.5) is 0 Å². The Morgan fingerprint density at radius 2 is 2.16 bits per heavy atom. The number of hydrogen-bond acceptors (Lipinski definition) is 3. The Bertz CT molecular complexity index is 387. The highest BCUT2D eigenvalue weighted by Gasteiger charge is 2.30. The molecule has 1 fully saturated rings. The molecule has 0 bridgehead atoms. The highest BCUT2D eigenvalue weighted by Crippen LogP contribution is 2.28. The van der Waals surface area contributed by atoms with E-state index < -0.39 is 5.60 Å². The molecular formula is C13H22IN3O2. The molecule has 19 heavy (non-hydrogen) atoms. The van der Waals surface area contributed by atoms with Gasteiger partial charge >= 0.3 is 0 Å². The van der Waals surface area contributed by atoms with Crippen LogP contribution in [0.25, 0.3) is 0 Å². The summed E-state index contributed by atoms with van der Waals surface area (Å²) in [6.45, 7) is 1.21. The van der Waals surface area contributed by atoms with Gasteiger partial charge in [-0.1, -0.05) is 12.8 Å². The van der Waals surface area contributed by atoms with Gasteiger partial charge in [0.2, 0.25) is 0 Å². The normalized spacial score (nSPS) is 17.9. The molecule has 0 atom stereocenters. The lowest BCUT2D eigenvalue weighted by Gasteiger charge is -2.23. The van der Waals surface area contributed by atoms with Crippen molar-refractivity contribution in [2.75, 3.05) is 13.6 Å². The minimum absolute atomic E-state index is 0. The van der Waals surface area contributed by atoms with Crippen molar-refractivity contribution in [2.24, 2.45) is 4.99 Å². The predicted octanol–water partition coefficient (Wildman–Crippen LogP) is 1.87. The van der Waals surface area contributed by atoms with Gasteiger partial charge in [-0.15, -0.1) is 24.0 Å². The van der Waals surface area contributed by atoms with Crippen LogP contribution in [0.15, 0.2) is 28.0 Å². The van der Waals surface area contributed by atoms with Crippen molar-refractivity contribution in [3.63, 3.8) is 0 Å². The van der Waals surface area contributed by atoms with Crippen molar-refractivity contribution >= 4 is 29.9 Å². The molecule has 0 amide bonds. The molecule has 108 valence electrons. The fraction of sp³-hybridized carbons (Fsp3) is 0.615. The van der Waals surface area contributed by atoms with Gasteiger partial charge in [0.15, 0.2) is 5.96 Å². The molecular weight excluding hydrogens is 357 g/mol. The molecule has 6 heteroatoms. The maximum Gasteiger partial charge on any atom is 0.191 e. The van der Waals surface area contributed by atoms with Crippen LogP contribution in [-0.4, -0.2) is 30.3 Å². The number of halogens is 1. The first kappa shape index (κ1) is 16.3. The van der Waals surface area contributed by atoms with Gasteiger partial charge in [0, 0.05) is 25.7 Å². The molecule has 1 heterocycles. The summed E-state index contributed by atoms with van der Waals surface area (Å²) in [7, 11) is 1.73. The first-order valence-corrected chi connectivity index (χ1v) is 6.40. The highest BCUT2D eigenvalue weighted by molar-refractivity contribution is 14.0. The van der Waals surface area contributed by atoms with Crippen LogP contribution in [0.3, 0.4) is 0 Å². The van der Waals surface area contributed by atoms with E-state index in [1.54, 1.807) is 19.6 Å². The average Bonchev–Trinajstić information content (AvgIpc) is 3.01. The number of hydrogen-bond donors (Lipinski definition) is 3. The SMILES string of the molecule is CN=C(NCc1ccoc1)NCC1(O)CCCC1.I. The Balaban J connectivity index is 0.00000180. The van der Waals surface area contributed by atoms with E-state index in [0.29, 0.717) is 19.0 Å². The summed E-state index contributed by atoms with van der Waals surface area (Å²) in [6, 6.07) is 1.91. The third kappa shape index (κ3) is 5.02. The van der Waals surface area contributed by atoms with Crippen molar-refractivity contribution < 1.29 is 9.52 Å². The first-order valence-electron chi connectivity index (χ1n) is 6.40. The number of nitrogens with one attached hydrogen (secondary N) is 2. The van der Waals surface area contributed by atoms with Crippen LogP contribution < -0.4 is 10.6 Å². The minimum atomic E-state index is -0.562. The van der Waals surface area contributed by atoms with E-state index in [1.165, 1.54) is 0 Å². The second-order valence-corrected chi connectivity index (χ2v) is 4.84. The van der Waals surface area contributed by atoms with E-state index in [2.05, 4.69) is 15.6 Å². The van der Waals surface area contributed by atoms with Gasteiger partial charge in [0.05, 0.1) is 18.1 Å². The molecule has 1 aliphatic rings. The number of rotatable bonds is 4. The molecule has 2 rings (SSSR count). The molecule has 3 N–H and O–H groups in total. The Morgan fingerprint density at radius 3 is 2.74 bits per heavy atom. The maximum atomic E-state index is 10.2. The molecule has 1 aromatic rings. The summed E-state index contributed by atoms with van der Waals surface area (Å²) in [6.07, 6.45) is 7.31. The maximum absolute atomic E-state index is 10.2. The summed E-state index contributed by atoms with van der Waals surface area (Å²) >= 11 is 0. The van der Waals surface area contributed by atoms with E-state index in [0.717, 1.165) is 31.2 Å². The van der Waals surface area contributed by atoms with Gasteiger partial charge in [0.1, 0.15) is 0 Å². The van der Waals surface area contributed by atoms with Gasteiger partial charge in [-0.05, 0) is 18.9 Å². The van der Waals surface area contributed by atoms with E-state index in [9.17, 15) is 5.11 Å². The molecule has 0 spiro atoms. The highest BCUT2D eigenvalue weighted by atomic mass is 127. The number of aliphatic hydroxyl groups is 1. The molecule has 1 aliphatic carbocycles. The second kappa shape index (κ2) is 7.74. The standard InChI is InChI=1S/C13H21N3O2.HI/c1-14-12(15-8-11-4-7-18-9-11)16-10-13(17)5-2-3-6-13;/h4,7,9,17H,2-3,5-6,8,10H2,1H3,(H2,14,15,16);1H. The number of furan rings is 1. The van der Waals surface area contributed by atoms with E-state index in [1.807, 2.05) is 6.07 Å². The van der Waals surface area contributed by atoms with Crippen molar-refractivity contribution in [3.05, 3.63) is 24.2 Å². The van der Waals surface area contributed by atoms with Crippen molar-refractivity contribution in [1.29, 1.82) is 0 Å². The van der Waals surface area contributed by atoms with E-state index in [4.69, 9.17) is 4.42 Å². The molecule has 0 aliphatic heterocycles. The zero-order valence-electron chi connectivity index (χ0n) is 11.2. The van der Waals surface area contributed by atoms with Gasteiger partial charge in [-0.3, -0.25) is 4.99 Å². The van der Waals surface area contributed by atoms with Crippen LogP contribution in [0.5, 0.6) is 0 Å². The summed E-state index contributed by atoms with van der Waals surface area (Å²) in [5.74, 6) is 0.705. The van der Waals surface area contributed by atoms with Crippen molar-refractivity contribution in [3.8, 4) is 0 Å². The smallest absolute Gasteiger partial charge is 0.191 e. The van der Waals surface area contributed by atoms with Crippen LogP contribution in [0.1, 0.15) is 31.2 Å². The first-order chi connectivity index (χ1) is 8.72. The molecule has 0 aromatic carbocycles. The molecule has 5 nitrogen and oxygen atoms in total. The topological polar surface area (TPSA) is 69.8 Å². The minimum Gasteiger partial charge on any atom is -0.472 e. The molecule has 1 aromatic heterocycles. The fourth-order valence-electron chi connectivity index (χ4n) is 2.26. The summed E-state index contributed by atoms with van der Waals surface area (Å²) in [4.78, 5) is 4.13. The number of aliphatic imine (C=N–C) groups is 1. The van der Waals surface area contributed by atoms with Crippen LogP contribution in [0, 0.1) is 0 Å². The van der Waals surface area contributed by atoms with Gasteiger partial charge < -0.3 is 20.2 Å². The van der Waals surface area contributed by atoms with Crippen LogP contribution in [0.2, 0.25) is 0 Å². The quantitative estimate of drug-likeness (QED) is 0.425. The second-order valence-electron chi connectivity index (χ2n) is 4.84. The monoisotopic (exact) mass is 379 g/mol. The lowest BCUT2D eigenvalue weighted by molar-refractivity contribution is 0.0522. The van der Waals surface area contributed by atoms with E-state index in [-0.39, 0.29) is 24.0 Å². The largest absolute Gasteiger partial charge is 0.472 e. The van der Waals surface area contributed by atoms with E-state index >= 15 is 0 Å². The summed E-state index contributed by atoms with van der Waals surface area (Å²) in [5, 5.41) is 16.6. The number of nitrogens with zero attached hydrogens (tertiary/aromatic N) is 1. The summed E-state index contributed by atoms with van der Waals surface area (Å²) < 4.78 is 5.00. The fourth-order valence-corrected chi connectivity index (χ4v) is 2.26. The molecule has 0 unspecified atom stereocenters. The van der Waals surface area contributed by atoms with Crippen molar-refractivity contribution in [2.45, 2.75) is 37.8 Å². The zero-order chi connectivity index (χ0) is 12.8. The molecule has 0 radical (unpaired) electrons. The predicted molar refractivity (Wildman–Crippen MR) is 85.7 cm³/mol. The average molecular weight is 379 g/mol. The lowest BCUT2D eigenvalue weighted by Crippen LogP contribution is -2.45. The Labute approximate surface area is 130 Å². The third-order valence-electron chi connectivity index (χ3n) is 3.38. The van der Waals surface area contributed by atoms with Gasteiger partial charge in [-0.25, -0.2) is 0 Å². The van der Waals surface area contributed by atoms with Gasteiger partial charge in [-0.2, -0.15) is 0 Å². The van der Waals surface area contributed by atoms with Crippen LogP contribution >= 0.6 is 24.0 Å². The number of guanidine groups is 1. The lowest BCUT2D eigenvalue weighted by atomic mass is 10.0. The Morgan fingerprint density at radius 1 is 1.42 bits per heavy atom. The zero-order valence-corrected chi connectivity index (χ0v) is 13.5. The van der Waals surface area contributed by atoms with Crippen LogP contribution in [-0.2, 0) is 6.54 Å². The third-order valence-corrected chi connectivity index (χ3v) is 3.38. The van der Waals surface area contributed by atoms with Crippen molar-refractivity contribution in [1.82, 2.24) is 10.6 Å².